The molecule has 1 unspecified atom stereocenters. The Morgan fingerprint density at radius 3 is 2.67 bits per heavy atom. The van der Waals surface area contributed by atoms with E-state index in [9.17, 15) is 14.0 Å². The van der Waals surface area contributed by atoms with E-state index in [-0.39, 0.29) is 23.5 Å². The number of halogens is 1. The molecule has 142 valence electrons. The monoisotopic (exact) mass is 371 g/mol. The fourth-order valence-corrected chi connectivity index (χ4v) is 3.19. The Morgan fingerprint density at radius 1 is 1.19 bits per heavy atom. The highest BCUT2D eigenvalue weighted by Crippen LogP contribution is 2.20. The number of urea groups is 1. The third-order valence-corrected chi connectivity index (χ3v) is 4.58. The lowest BCUT2D eigenvalue weighted by Crippen LogP contribution is -2.50. The van der Waals surface area contributed by atoms with Crippen LogP contribution in [0.25, 0.3) is 0 Å². The minimum Gasteiger partial charge on any atom is -0.478 e. The lowest BCUT2D eigenvalue weighted by molar-refractivity contribution is 0.0697. The number of carbonyl (C=O) groups is 2. The largest absolute Gasteiger partial charge is 0.478 e. The Hall–Kier alpha value is -3.09. The Labute approximate surface area is 157 Å². The van der Waals surface area contributed by atoms with Gasteiger partial charge in [-0.05, 0) is 48.7 Å². The first-order chi connectivity index (χ1) is 13.0. The second-order valence-electron chi connectivity index (χ2n) is 6.59. The summed E-state index contributed by atoms with van der Waals surface area (Å²) < 4.78 is 13.4. The van der Waals surface area contributed by atoms with Crippen LogP contribution in [0, 0.1) is 5.82 Å². The maximum absolute atomic E-state index is 13.4. The van der Waals surface area contributed by atoms with Crippen LogP contribution in [0.1, 0.15) is 28.8 Å². The molecule has 0 spiro atoms. The van der Waals surface area contributed by atoms with Crippen molar-refractivity contribution in [3.8, 4) is 0 Å². The molecule has 0 aromatic heterocycles. The molecule has 1 saturated heterocycles. The van der Waals surface area contributed by atoms with Crippen molar-refractivity contribution >= 4 is 17.7 Å². The van der Waals surface area contributed by atoms with Gasteiger partial charge in [-0.15, -0.1) is 0 Å². The average Bonchev–Trinajstić information content (AvgIpc) is 2.67. The SMILES string of the molecule is O=C(NCc1ccc(C(=O)O)cc1)NC1CCCN(c2cccc(F)c2)C1. The quantitative estimate of drug-likeness (QED) is 0.755. The maximum Gasteiger partial charge on any atom is 0.335 e. The van der Waals surface area contributed by atoms with Gasteiger partial charge < -0.3 is 20.6 Å². The van der Waals surface area contributed by atoms with Crippen LogP contribution < -0.4 is 15.5 Å². The molecular weight excluding hydrogens is 349 g/mol. The van der Waals surface area contributed by atoms with Gasteiger partial charge in [0.15, 0.2) is 0 Å². The molecule has 1 atom stereocenters. The third kappa shape index (κ3) is 5.20. The van der Waals surface area contributed by atoms with Crippen molar-refractivity contribution in [2.45, 2.75) is 25.4 Å². The molecule has 7 heteroatoms. The molecule has 1 aliphatic rings. The zero-order valence-corrected chi connectivity index (χ0v) is 14.8. The van der Waals surface area contributed by atoms with Crippen molar-refractivity contribution in [2.24, 2.45) is 0 Å². The number of nitrogens with zero attached hydrogens (tertiary/aromatic N) is 1. The third-order valence-electron chi connectivity index (χ3n) is 4.58. The van der Waals surface area contributed by atoms with Gasteiger partial charge in [0.25, 0.3) is 0 Å². The molecule has 1 heterocycles. The molecule has 2 aromatic rings. The normalized spacial score (nSPS) is 16.6. The molecule has 0 bridgehead atoms. The van der Waals surface area contributed by atoms with E-state index in [1.807, 2.05) is 6.07 Å². The van der Waals surface area contributed by atoms with Crippen molar-refractivity contribution < 1.29 is 19.1 Å². The van der Waals surface area contributed by atoms with Crippen molar-refractivity contribution in [3.63, 3.8) is 0 Å². The Morgan fingerprint density at radius 2 is 1.96 bits per heavy atom. The number of hydrogen-bond acceptors (Lipinski definition) is 3. The number of carbonyl (C=O) groups excluding carboxylic acids is 1. The van der Waals surface area contributed by atoms with Crippen LogP contribution >= 0.6 is 0 Å². The minimum atomic E-state index is -0.979. The highest BCUT2D eigenvalue weighted by atomic mass is 19.1. The average molecular weight is 371 g/mol. The minimum absolute atomic E-state index is 0.0172. The van der Waals surface area contributed by atoms with Gasteiger partial charge in [0.05, 0.1) is 5.56 Å². The van der Waals surface area contributed by atoms with Gasteiger partial charge in [0.2, 0.25) is 0 Å². The molecule has 27 heavy (non-hydrogen) atoms. The highest BCUT2D eigenvalue weighted by molar-refractivity contribution is 5.87. The van der Waals surface area contributed by atoms with Crippen LogP contribution in [0.2, 0.25) is 0 Å². The molecule has 1 aliphatic heterocycles. The molecule has 3 N–H and O–H groups in total. The number of aromatic carboxylic acids is 1. The molecule has 0 aliphatic carbocycles. The Kier molecular flexibility index (Phi) is 5.90. The van der Waals surface area contributed by atoms with Crippen LogP contribution in [0.5, 0.6) is 0 Å². The van der Waals surface area contributed by atoms with Crippen molar-refractivity contribution in [3.05, 3.63) is 65.5 Å². The standard InChI is InChI=1S/C20H22FN3O3/c21-16-3-1-5-18(11-16)24-10-2-4-17(13-24)23-20(27)22-12-14-6-8-15(9-7-14)19(25)26/h1,3,5-9,11,17H,2,4,10,12-13H2,(H,25,26)(H2,22,23,27). The summed E-state index contributed by atoms with van der Waals surface area (Å²) in [5.74, 6) is -1.25. The predicted molar refractivity (Wildman–Crippen MR) is 100 cm³/mol. The van der Waals surface area contributed by atoms with Gasteiger partial charge in [0, 0.05) is 31.4 Å². The molecule has 6 nitrogen and oxygen atoms in total. The zero-order valence-electron chi connectivity index (χ0n) is 14.8. The van der Waals surface area contributed by atoms with Crippen LogP contribution in [-0.4, -0.2) is 36.2 Å². The number of piperidine rings is 1. The Bertz CT molecular complexity index is 810. The summed E-state index contributed by atoms with van der Waals surface area (Å²) in [5, 5.41) is 14.6. The molecule has 1 fully saturated rings. The number of benzene rings is 2. The molecular formula is C20H22FN3O3. The van der Waals surface area contributed by atoms with E-state index in [1.165, 1.54) is 24.3 Å². The van der Waals surface area contributed by atoms with Crippen molar-refractivity contribution in [1.29, 1.82) is 0 Å². The lowest BCUT2D eigenvalue weighted by atomic mass is 10.0. The Balaban J connectivity index is 1.49. The van der Waals surface area contributed by atoms with Crippen molar-refractivity contribution in [2.75, 3.05) is 18.0 Å². The smallest absolute Gasteiger partial charge is 0.335 e. The summed E-state index contributed by atoms with van der Waals surface area (Å²) in [7, 11) is 0. The van der Waals surface area contributed by atoms with E-state index < -0.39 is 5.97 Å². The summed E-state index contributed by atoms with van der Waals surface area (Å²) in [5.41, 5.74) is 1.85. The zero-order chi connectivity index (χ0) is 19.2. The summed E-state index contributed by atoms with van der Waals surface area (Å²) >= 11 is 0. The van der Waals surface area contributed by atoms with E-state index in [1.54, 1.807) is 18.2 Å². The first kappa shape index (κ1) is 18.7. The summed E-state index contributed by atoms with van der Waals surface area (Å²) in [6.07, 6.45) is 1.78. The number of anilines is 1. The fourth-order valence-electron chi connectivity index (χ4n) is 3.19. The van der Waals surface area contributed by atoms with Crippen LogP contribution in [0.3, 0.4) is 0 Å². The van der Waals surface area contributed by atoms with Gasteiger partial charge in [-0.25, -0.2) is 14.0 Å². The number of amides is 2. The van der Waals surface area contributed by atoms with Crippen LogP contribution in [0.15, 0.2) is 48.5 Å². The topological polar surface area (TPSA) is 81.7 Å². The molecule has 2 amide bonds. The predicted octanol–water partition coefficient (Wildman–Crippen LogP) is 2.99. The van der Waals surface area contributed by atoms with E-state index in [4.69, 9.17) is 5.11 Å². The molecule has 2 aromatic carbocycles. The fraction of sp³-hybridized carbons (Fsp3) is 0.300. The van der Waals surface area contributed by atoms with Gasteiger partial charge >= 0.3 is 12.0 Å². The second kappa shape index (κ2) is 8.53. The maximum atomic E-state index is 13.4. The summed E-state index contributed by atoms with van der Waals surface area (Å²) in [6.45, 7) is 1.77. The summed E-state index contributed by atoms with van der Waals surface area (Å²) in [6, 6.07) is 12.6. The van der Waals surface area contributed by atoms with Crippen LogP contribution in [0.4, 0.5) is 14.9 Å². The van der Waals surface area contributed by atoms with Gasteiger partial charge in [-0.2, -0.15) is 0 Å². The summed E-state index contributed by atoms with van der Waals surface area (Å²) in [4.78, 5) is 25.1. The lowest BCUT2D eigenvalue weighted by Gasteiger charge is -2.34. The van der Waals surface area contributed by atoms with E-state index in [0.717, 1.165) is 30.6 Å². The number of nitrogens with one attached hydrogen (secondary N) is 2. The number of hydrogen-bond donors (Lipinski definition) is 3. The molecule has 0 saturated carbocycles. The first-order valence-electron chi connectivity index (χ1n) is 8.88. The molecule has 0 radical (unpaired) electrons. The van der Waals surface area contributed by atoms with Crippen molar-refractivity contribution in [1.82, 2.24) is 10.6 Å². The number of carboxylic acids is 1. The van der Waals surface area contributed by atoms with E-state index in [2.05, 4.69) is 15.5 Å². The van der Waals surface area contributed by atoms with Crippen LogP contribution in [-0.2, 0) is 6.54 Å². The number of carboxylic acid groups (broad SMARTS) is 1. The van der Waals surface area contributed by atoms with Gasteiger partial charge in [0.1, 0.15) is 5.82 Å². The molecule has 3 rings (SSSR count). The van der Waals surface area contributed by atoms with E-state index >= 15 is 0 Å². The second-order valence-corrected chi connectivity index (χ2v) is 6.59. The number of rotatable bonds is 5. The van der Waals surface area contributed by atoms with E-state index in [0.29, 0.717) is 13.1 Å². The first-order valence-corrected chi connectivity index (χ1v) is 8.88. The van der Waals surface area contributed by atoms with Gasteiger partial charge in [-0.1, -0.05) is 18.2 Å². The van der Waals surface area contributed by atoms with Gasteiger partial charge in [-0.3, -0.25) is 0 Å². The highest BCUT2D eigenvalue weighted by Gasteiger charge is 2.21.